The molecule has 0 aliphatic rings. The Labute approximate surface area is 152 Å². The van der Waals surface area contributed by atoms with Crippen LogP contribution in [-0.4, -0.2) is 33.9 Å². The van der Waals surface area contributed by atoms with Crippen molar-refractivity contribution in [3.05, 3.63) is 72.1 Å². The second-order valence-electron chi connectivity index (χ2n) is 5.69. The summed E-state index contributed by atoms with van der Waals surface area (Å²) in [5, 5.41) is 6.13. The number of benzene rings is 1. The van der Waals surface area contributed by atoms with Gasteiger partial charge in [0.2, 0.25) is 0 Å². The predicted octanol–water partition coefficient (Wildman–Crippen LogP) is 2.94. The fourth-order valence-electron chi connectivity index (χ4n) is 2.44. The summed E-state index contributed by atoms with van der Waals surface area (Å²) in [6.07, 6.45) is 2.53. The molecule has 0 radical (unpaired) electrons. The van der Waals surface area contributed by atoms with E-state index in [4.69, 9.17) is 0 Å². The molecule has 0 atom stereocenters. The normalized spacial score (nSPS) is 10.3. The molecular weight excluding hydrogens is 326 g/mol. The molecule has 2 aromatic heterocycles. The molecule has 3 rings (SSSR count). The van der Waals surface area contributed by atoms with Gasteiger partial charge in [0.25, 0.3) is 5.91 Å². The Bertz CT molecular complexity index is 853. The Hall–Kier alpha value is -3.28. The molecule has 0 aliphatic carbocycles. The van der Waals surface area contributed by atoms with Gasteiger partial charge in [0.15, 0.2) is 5.82 Å². The number of anilines is 1. The first kappa shape index (κ1) is 17.5. The number of carbonyl (C=O) groups excluding carboxylic acids is 1. The van der Waals surface area contributed by atoms with Gasteiger partial charge in [-0.1, -0.05) is 31.2 Å². The highest BCUT2D eigenvalue weighted by Gasteiger charge is 2.07. The molecule has 0 fully saturated rings. The third kappa shape index (κ3) is 4.63. The lowest BCUT2D eigenvalue weighted by molar-refractivity contribution is 0.0955. The van der Waals surface area contributed by atoms with Crippen LogP contribution in [0.1, 0.15) is 23.0 Å². The van der Waals surface area contributed by atoms with Gasteiger partial charge in [-0.25, -0.2) is 9.97 Å². The smallest absolute Gasteiger partial charge is 0.251 e. The summed E-state index contributed by atoms with van der Waals surface area (Å²) in [5.41, 5.74) is 2.33. The summed E-state index contributed by atoms with van der Waals surface area (Å²) < 4.78 is 0. The van der Waals surface area contributed by atoms with Crippen LogP contribution in [0.25, 0.3) is 11.5 Å². The van der Waals surface area contributed by atoms with E-state index < -0.39 is 0 Å². The first-order chi connectivity index (χ1) is 12.8. The molecule has 3 aromatic rings. The van der Waals surface area contributed by atoms with E-state index in [1.807, 2.05) is 49.4 Å². The number of aryl methyl sites for hydroxylation is 1. The third-order valence-electron chi connectivity index (χ3n) is 3.79. The van der Waals surface area contributed by atoms with Gasteiger partial charge in [-0.15, -0.1) is 0 Å². The molecular formula is C20H21N5O. The lowest BCUT2D eigenvalue weighted by Gasteiger charge is -2.10. The van der Waals surface area contributed by atoms with Crippen molar-refractivity contribution in [1.82, 2.24) is 20.3 Å². The molecule has 0 unspecified atom stereocenters. The van der Waals surface area contributed by atoms with Gasteiger partial charge < -0.3 is 10.6 Å². The minimum Gasteiger partial charge on any atom is -0.368 e. The Balaban J connectivity index is 1.60. The van der Waals surface area contributed by atoms with Crippen molar-refractivity contribution in [2.24, 2.45) is 0 Å². The average molecular weight is 347 g/mol. The van der Waals surface area contributed by atoms with E-state index in [1.165, 1.54) is 0 Å². The second kappa shape index (κ2) is 8.71. The van der Waals surface area contributed by atoms with Crippen molar-refractivity contribution < 1.29 is 4.79 Å². The molecule has 2 N–H and O–H groups in total. The SMILES string of the molecule is CCc1cc(NCCNC(=O)c2ccccc2)nc(-c2ccccn2)n1. The number of nitrogens with zero attached hydrogens (tertiary/aromatic N) is 3. The maximum Gasteiger partial charge on any atom is 0.251 e. The number of amides is 1. The van der Waals surface area contributed by atoms with Gasteiger partial charge in [-0.2, -0.15) is 0 Å². The minimum atomic E-state index is -0.0847. The van der Waals surface area contributed by atoms with E-state index in [0.717, 1.165) is 23.6 Å². The van der Waals surface area contributed by atoms with Crippen LogP contribution >= 0.6 is 0 Å². The fourth-order valence-corrected chi connectivity index (χ4v) is 2.44. The van der Waals surface area contributed by atoms with Crippen LogP contribution in [0.15, 0.2) is 60.8 Å². The number of hydrogen-bond acceptors (Lipinski definition) is 5. The molecule has 6 nitrogen and oxygen atoms in total. The fraction of sp³-hybridized carbons (Fsp3) is 0.200. The average Bonchev–Trinajstić information content (AvgIpc) is 2.72. The van der Waals surface area contributed by atoms with Gasteiger partial charge in [0, 0.05) is 36.6 Å². The summed E-state index contributed by atoms with van der Waals surface area (Å²) in [6, 6.07) is 16.7. The van der Waals surface area contributed by atoms with Gasteiger partial charge >= 0.3 is 0 Å². The van der Waals surface area contributed by atoms with Crippen LogP contribution in [0.3, 0.4) is 0 Å². The quantitative estimate of drug-likeness (QED) is 0.642. The van der Waals surface area contributed by atoms with Crippen LogP contribution in [-0.2, 0) is 6.42 Å². The van der Waals surface area contributed by atoms with Crippen molar-refractivity contribution in [2.75, 3.05) is 18.4 Å². The number of pyridine rings is 1. The van der Waals surface area contributed by atoms with Crippen molar-refractivity contribution in [1.29, 1.82) is 0 Å². The summed E-state index contributed by atoms with van der Waals surface area (Å²) in [4.78, 5) is 25.4. The van der Waals surface area contributed by atoms with Gasteiger partial charge in [-0.3, -0.25) is 9.78 Å². The van der Waals surface area contributed by atoms with E-state index in [-0.39, 0.29) is 5.91 Å². The van der Waals surface area contributed by atoms with Crippen molar-refractivity contribution in [3.8, 4) is 11.5 Å². The highest BCUT2D eigenvalue weighted by Crippen LogP contribution is 2.15. The minimum absolute atomic E-state index is 0.0847. The van der Waals surface area contributed by atoms with Crippen LogP contribution in [0.2, 0.25) is 0 Å². The monoisotopic (exact) mass is 347 g/mol. The number of rotatable bonds is 7. The summed E-state index contributed by atoms with van der Waals surface area (Å²) in [6.45, 7) is 3.12. The van der Waals surface area contributed by atoms with Crippen LogP contribution in [0.4, 0.5) is 5.82 Å². The molecule has 2 heterocycles. The molecule has 26 heavy (non-hydrogen) atoms. The maximum atomic E-state index is 12.0. The Morgan fingerprint density at radius 2 is 1.81 bits per heavy atom. The molecule has 6 heteroatoms. The van der Waals surface area contributed by atoms with Gasteiger partial charge in [-0.05, 0) is 30.7 Å². The first-order valence-corrected chi connectivity index (χ1v) is 8.62. The van der Waals surface area contributed by atoms with E-state index >= 15 is 0 Å². The zero-order valence-electron chi connectivity index (χ0n) is 14.6. The molecule has 0 spiro atoms. The van der Waals surface area contributed by atoms with E-state index in [1.54, 1.807) is 18.3 Å². The Morgan fingerprint density at radius 3 is 2.54 bits per heavy atom. The van der Waals surface area contributed by atoms with Crippen molar-refractivity contribution in [2.45, 2.75) is 13.3 Å². The third-order valence-corrected chi connectivity index (χ3v) is 3.79. The predicted molar refractivity (Wildman–Crippen MR) is 102 cm³/mol. The Kier molecular flexibility index (Phi) is 5.88. The molecule has 0 bridgehead atoms. The first-order valence-electron chi connectivity index (χ1n) is 8.62. The number of hydrogen-bond donors (Lipinski definition) is 2. The van der Waals surface area contributed by atoms with Crippen LogP contribution < -0.4 is 10.6 Å². The molecule has 1 aromatic carbocycles. The standard InChI is InChI=1S/C20H21N5O/c1-2-16-14-18(25-19(24-16)17-10-6-7-11-21-17)22-12-13-23-20(26)15-8-4-3-5-9-15/h3-11,14H,2,12-13H2,1H3,(H,23,26)(H,22,24,25). The van der Waals surface area contributed by atoms with Gasteiger partial charge in [0.1, 0.15) is 11.5 Å². The zero-order chi connectivity index (χ0) is 18.2. The van der Waals surface area contributed by atoms with Crippen LogP contribution in [0, 0.1) is 0 Å². The number of aromatic nitrogens is 3. The van der Waals surface area contributed by atoms with E-state index in [2.05, 4.69) is 25.6 Å². The van der Waals surface area contributed by atoms with E-state index in [0.29, 0.717) is 24.5 Å². The molecule has 1 amide bonds. The topological polar surface area (TPSA) is 79.8 Å². The number of carbonyl (C=O) groups is 1. The largest absolute Gasteiger partial charge is 0.368 e. The summed E-state index contributed by atoms with van der Waals surface area (Å²) in [7, 11) is 0. The second-order valence-corrected chi connectivity index (χ2v) is 5.69. The number of nitrogens with one attached hydrogen (secondary N) is 2. The summed E-state index contributed by atoms with van der Waals surface area (Å²) in [5.74, 6) is 1.24. The lowest BCUT2D eigenvalue weighted by atomic mass is 10.2. The van der Waals surface area contributed by atoms with Crippen molar-refractivity contribution in [3.63, 3.8) is 0 Å². The zero-order valence-corrected chi connectivity index (χ0v) is 14.6. The molecule has 132 valence electrons. The van der Waals surface area contributed by atoms with E-state index in [9.17, 15) is 4.79 Å². The lowest BCUT2D eigenvalue weighted by Crippen LogP contribution is -2.28. The van der Waals surface area contributed by atoms with Crippen molar-refractivity contribution >= 4 is 11.7 Å². The summed E-state index contributed by atoms with van der Waals surface area (Å²) >= 11 is 0. The highest BCUT2D eigenvalue weighted by atomic mass is 16.1. The highest BCUT2D eigenvalue weighted by molar-refractivity contribution is 5.94. The van der Waals surface area contributed by atoms with Crippen LogP contribution in [0.5, 0.6) is 0 Å². The molecule has 0 aliphatic heterocycles. The Morgan fingerprint density at radius 1 is 1.00 bits per heavy atom. The maximum absolute atomic E-state index is 12.0. The van der Waals surface area contributed by atoms with Gasteiger partial charge in [0.05, 0.1) is 0 Å². The molecule has 0 saturated carbocycles. The molecule has 0 saturated heterocycles.